The highest BCUT2D eigenvalue weighted by Gasteiger charge is 2.33. The van der Waals surface area contributed by atoms with Gasteiger partial charge in [-0.2, -0.15) is 8.78 Å². The highest BCUT2D eigenvalue weighted by molar-refractivity contribution is 5.37. The van der Waals surface area contributed by atoms with Crippen molar-refractivity contribution in [3.63, 3.8) is 0 Å². The minimum Gasteiger partial charge on any atom is -0.230 e. The molecule has 0 bridgehead atoms. The van der Waals surface area contributed by atoms with Crippen LogP contribution in [-0.4, -0.2) is 29.5 Å². The fraction of sp³-hybridized carbons (Fsp3) is 0.158. The van der Waals surface area contributed by atoms with Crippen LogP contribution in [0, 0.1) is 23.5 Å². The molecule has 0 aromatic carbocycles. The lowest BCUT2D eigenvalue weighted by Crippen LogP contribution is -2.27. The summed E-state index contributed by atoms with van der Waals surface area (Å²) in [5.41, 5.74) is -1.54. The molecule has 0 spiro atoms. The SMILES string of the molecule is CC(C)(c1nc(-n2ccc(F)n2)ccc1F)c1nc(-n2ccc(F)n2)ccc1F. The summed E-state index contributed by atoms with van der Waals surface area (Å²) >= 11 is 0. The Balaban J connectivity index is 1.83. The van der Waals surface area contributed by atoms with Crippen molar-refractivity contribution in [2.24, 2.45) is 0 Å². The van der Waals surface area contributed by atoms with Crippen LogP contribution in [0.3, 0.4) is 0 Å². The van der Waals surface area contributed by atoms with Gasteiger partial charge >= 0.3 is 0 Å². The summed E-state index contributed by atoms with van der Waals surface area (Å²) < 4.78 is 58.0. The molecule has 0 fully saturated rings. The molecule has 4 rings (SSSR count). The van der Waals surface area contributed by atoms with Gasteiger partial charge in [0.25, 0.3) is 0 Å². The van der Waals surface area contributed by atoms with E-state index in [4.69, 9.17) is 0 Å². The number of hydrogen-bond donors (Lipinski definition) is 0. The molecule has 4 heterocycles. The first-order valence-electron chi connectivity index (χ1n) is 8.53. The maximum absolute atomic E-state index is 14.6. The van der Waals surface area contributed by atoms with Crippen molar-refractivity contribution in [1.29, 1.82) is 0 Å². The molecule has 0 aliphatic carbocycles. The topological polar surface area (TPSA) is 61.4 Å². The summed E-state index contributed by atoms with van der Waals surface area (Å²) in [4.78, 5) is 8.44. The van der Waals surface area contributed by atoms with Gasteiger partial charge in [-0.05, 0) is 38.1 Å². The molecule has 0 saturated carbocycles. The van der Waals surface area contributed by atoms with E-state index in [0.29, 0.717) is 0 Å². The van der Waals surface area contributed by atoms with Gasteiger partial charge in [0.15, 0.2) is 11.6 Å². The summed E-state index contributed by atoms with van der Waals surface area (Å²) in [6, 6.07) is 7.20. The number of aromatic nitrogens is 6. The molecule has 0 unspecified atom stereocenters. The highest BCUT2D eigenvalue weighted by atomic mass is 19.1. The lowest BCUT2D eigenvalue weighted by Gasteiger charge is -2.25. The Kier molecular flexibility index (Phi) is 4.40. The van der Waals surface area contributed by atoms with E-state index in [9.17, 15) is 17.6 Å². The minimum atomic E-state index is -1.32. The zero-order chi connectivity index (χ0) is 20.8. The van der Waals surface area contributed by atoms with Gasteiger partial charge in [0.2, 0.25) is 11.9 Å². The Bertz CT molecular complexity index is 1110. The molecule has 0 aliphatic heterocycles. The van der Waals surface area contributed by atoms with E-state index in [1.165, 1.54) is 24.5 Å². The maximum atomic E-state index is 14.6. The van der Waals surface area contributed by atoms with Crippen LogP contribution in [0.25, 0.3) is 11.6 Å². The van der Waals surface area contributed by atoms with Gasteiger partial charge in [-0.25, -0.2) is 28.1 Å². The third-order valence-electron chi connectivity index (χ3n) is 4.43. The average molecular weight is 402 g/mol. The van der Waals surface area contributed by atoms with Crippen LogP contribution >= 0.6 is 0 Å². The van der Waals surface area contributed by atoms with Crippen molar-refractivity contribution in [3.8, 4) is 11.6 Å². The molecule has 29 heavy (non-hydrogen) atoms. The summed E-state index contributed by atoms with van der Waals surface area (Å²) in [6.45, 7) is 3.09. The molecule has 0 atom stereocenters. The zero-order valence-corrected chi connectivity index (χ0v) is 15.3. The van der Waals surface area contributed by atoms with Crippen LogP contribution in [0.5, 0.6) is 0 Å². The molecule has 0 amide bonds. The molecule has 6 nitrogen and oxygen atoms in total. The lowest BCUT2D eigenvalue weighted by atomic mass is 9.84. The second-order valence-electron chi connectivity index (χ2n) is 6.79. The zero-order valence-electron chi connectivity index (χ0n) is 15.3. The van der Waals surface area contributed by atoms with Gasteiger partial charge in [0.1, 0.15) is 11.6 Å². The first-order chi connectivity index (χ1) is 13.8. The van der Waals surface area contributed by atoms with E-state index in [0.717, 1.165) is 33.6 Å². The quantitative estimate of drug-likeness (QED) is 0.488. The van der Waals surface area contributed by atoms with E-state index < -0.39 is 28.9 Å². The summed E-state index contributed by atoms with van der Waals surface area (Å²) in [6.07, 6.45) is 2.66. The molecule has 4 aromatic heterocycles. The summed E-state index contributed by atoms with van der Waals surface area (Å²) in [5, 5.41) is 7.22. The van der Waals surface area contributed by atoms with E-state index in [1.54, 1.807) is 13.8 Å². The Morgan fingerprint density at radius 1 is 0.655 bits per heavy atom. The van der Waals surface area contributed by atoms with E-state index in [1.807, 2.05) is 0 Å². The molecule has 0 aliphatic rings. The number of nitrogens with zero attached hydrogens (tertiary/aromatic N) is 6. The predicted octanol–water partition coefficient (Wildman–Crippen LogP) is 3.73. The average Bonchev–Trinajstić information content (AvgIpc) is 3.30. The van der Waals surface area contributed by atoms with E-state index in [-0.39, 0.29) is 23.0 Å². The Morgan fingerprint density at radius 3 is 1.41 bits per heavy atom. The van der Waals surface area contributed by atoms with Crippen molar-refractivity contribution >= 4 is 0 Å². The second kappa shape index (κ2) is 6.80. The van der Waals surface area contributed by atoms with Crippen LogP contribution in [0.1, 0.15) is 25.2 Å². The largest absolute Gasteiger partial charge is 0.233 e. The van der Waals surface area contributed by atoms with Crippen LogP contribution in [0.15, 0.2) is 48.8 Å². The van der Waals surface area contributed by atoms with Crippen molar-refractivity contribution < 1.29 is 17.6 Å². The monoisotopic (exact) mass is 402 g/mol. The van der Waals surface area contributed by atoms with Crippen molar-refractivity contribution in [3.05, 3.63) is 83.7 Å². The van der Waals surface area contributed by atoms with Gasteiger partial charge in [-0.1, -0.05) is 0 Å². The van der Waals surface area contributed by atoms with Gasteiger partial charge < -0.3 is 0 Å². The molecule has 148 valence electrons. The maximum Gasteiger partial charge on any atom is 0.233 e. The fourth-order valence-corrected chi connectivity index (χ4v) is 2.97. The van der Waals surface area contributed by atoms with Gasteiger partial charge in [-0.3, -0.25) is 0 Å². The molecule has 0 radical (unpaired) electrons. The first kappa shape index (κ1) is 18.8. The number of pyridine rings is 2. The normalized spacial score (nSPS) is 11.8. The number of hydrogen-bond acceptors (Lipinski definition) is 4. The summed E-state index contributed by atoms with van der Waals surface area (Å²) in [7, 11) is 0. The molecule has 0 N–H and O–H groups in total. The van der Waals surface area contributed by atoms with Gasteiger partial charge in [-0.15, -0.1) is 10.2 Å². The van der Waals surface area contributed by atoms with Crippen molar-refractivity contribution in [1.82, 2.24) is 29.5 Å². The van der Waals surface area contributed by atoms with Crippen LogP contribution in [0.4, 0.5) is 17.6 Å². The van der Waals surface area contributed by atoms with Crippen LogP contribution in [0.2, 0.25) is 0 Å². The van der Waals surface area contributed by atoms with Gasteiger partial charge in [0, 0.05) is 24.5 Å². The van der Waals surface area contributed by atoms with Crippen molar-refractivity contribution in [2.75, 3.05) is 0 Å². The Morgan fingerprint density at radius 2 is 1.07 bits per heavy atom. The first-order valence-corrected chi connectivity index (χ1v) is 8.53. The van der Waals surface area contributed by atoms with Crippen LogP contribution in [-0.2, 0) is 5.41 Å². The molecular formula is C19H14F4N6. The number of halogens is 4. The smallest absolute Gasteiger partial charge is 0.230 e. The third kappa shape index (κ3) is 3.37. The molecule has 10 heteroatoms. The minimum absolute atomic E-state index is 0.110. The van der Waals surface area contributed by atoms with E-state index >= 15 is 0 Å². The third-order valence-corrected chi connectivity index (χ3v) is 4.43. The van der Waals surface area contributed by atoms with Crippen molar-refractivity contribution in [2.45, 2.75) is 19.3 Å². The summed E-state index contributed by atoms with van der Waals surface area (Å²) in [5.74, 6) is -2.51. The van der Waals surface area contributed by atoms with Gasteiger partial charge in [0.05, 0.1) is 16.8 Å². The number of rotatable bonds is 4. The predicted molar refractivity (Wildman–Crippen MR) is 94.7 cm³/mol. The highest BCUT2D eigenvalue weighted by Crippen LogP contribution is 2.33. The standard InChI is InChI=1S/C19H14F4N6/c1-19(2,17-11(20)3-5-15(24-17)28-9-7-13(22)26-28)18-12(21)4-6-16(25-18)29-10-8-14(23)27-29/h3-10H,1-2H3. The van der Waals surface area contributed by atoms with Crippen LogP contribution < -0.4 is 0 Å². The second-order valence-corrected chi connectivity index (χ2v) is 6.79. The molecular weight excluding hydrogens is 388 g/mol. The fourth-order valence-electron chi connectivity index (χ4n) is 2.97. The molecule has 0 saturated heterocycles. The lowest BCUT2D eigenvalue weighted by molar-refractivity contribution is 0.481. The molecule has 4 aromatic rings. The van der Waals surface area contributed by atoms with E-state index in [2.05, 4.69) is 20.2 Å². The Labute approximate surface area is 162 Å². The Hall–Kier alpha value is -3.56.